The number of rotatable bonds is 6. The van der Waals surface area contributed by atoms with Crippen LogP contribution in [-0.4, -0.2) is 12.4 Å². The Morgan fingerprint density at radius 3 is 2.67 bits per heavy atom. The van der Waals surface area contributed by atoms with Crippen LogP contribution in [0.5, 0.6) is 5.75 Å². The third kappa shape index (κ3) is 5.39. The van der Waals surface area contributed by atoms with Gasteiger partial charge >= 0.3 is 0 Å². The lowest BCUT2D eigenvalue weighted by Crippen LogP contribution is -1.92. The van der Waals surface area contributed by atoms with Crippen molar-refractivity contribution in [2.75, 3.05) is 6.61 Å². The maximum atomic E-state index is 11.2. The SMILES string of the molecule is C=C=CCOc1ccc(/C=C/C(=O)/C=C/S)cc1. The molecular weight excluding hydrogens is 244 g/mol. The van der Waals surface area contributed by atoms with Gasteiger partial charge in [0.05, 0.1) is 0 Å². The molecule has 0 radical (unpaired) electrons. The normalized spacial score (nSPS) is 10.5. The zero-order valence-corrected chi connectivity index (χ0v) is 10.8. The standard InChI is InChI=1S/C15H14O2S/c1-2-3-11-17-15-8-5-13(6-9-15)4-7-14(16)10-12-18/h3-10,12,18H,1,11H2/b7-4+,12-10+. The van der Waals surface area contributed by atoms with Crippen molar-refractivity contribution in [1.82, 2.24) is 0 Å². The molecule has 1 aromatic carbocycles. The van der Waals surface area contributed by atoms with Gasteiger partial charge in [-0.1, -0.05) is 24.8 Å². The van der Waals surface area contributed by atoms with Crippen molar-refractivity contribution in [3.63, 3.8) is 0 Å². The summed E-state index contributed by atoms with van der Waals surface area (Å²) in [6, 6.07) is 7.44. The van der Waals surface area contributed by atoms with Crippen molar-refractivity contribution in [2.45, 2.75) is 0 Å². The lowest BCUT2D eigenvalue weighted by Gasteiger charge is -2.02. The van der Waals surface area contributed by atoms with Crippen molar-refractivity contribution in [2.24, 2.45) is 0 Å². The highest BCUT2D eigenvalue weighted by atomic mass is 32.1. The number of hydrogen-bond acceptors (Lipinski definition) is 3. The Bertz CT molecular complexity index is 492. The lowest BCUT2D eigenvalue weighted by atomic mass is 10.2. The van der Waals surface area contributed by atoms with Gasteiger partial charge in [-0.2, -0.15) is 12.6 Å². The Kier molecular flexibility index (Phi) is 6.41. The fourth-order valence-corrected chi connectivity index (χ4v) is 1.33. The van der Waals surface area contributed by atoms with E-state index in [1.54, 1.807) is 12.2 Å². The van der Waals surface area contributed by atoms with Crippen LogP contribution in [-0.2, 0) is 4.79 Å². The van der Waals surface area contributed by atoms with E-state index in [9.17, 15) is 4.79 Å². The van der Waals surface area contributed by atoms with E-state index in [4.69, 9.17) is 4.74 Å². The second-order valence-corrected chi connectivity index (χ2v) is 3.64. The minimum absolute atomic E-state index is 0.0959. The first-order valence-corrected chi connectivity index (χ1v) is 5.88. The Labute approximate surface area is 112 Å². The topological polar surface area (TPSA) is 26.3 Å². The van der Waals surface area contributed by atoms with E-state index in [0.717, 1.165) is 11.3 Å². The summed E-state index contributed by atoms with van der Waals surface area (Å²) in [6.07, 6.45) is 6.32. The molecule has 0 saturated heterocycles. The highest BCUT2D eigenvalue weighted by Gasteiger charge is 1.93. The number of thiol groups is 1. The molecule has 1 rings (SSSR count). The Balaban J connectivity index is 2.59. The zero-order valence-electron chi connectivity index (χ0n) is 9.87. The van der Waals surface area contributed by atoms with E-state index in [1.165, 1.54) is 17.6 Å². The molecule has 92 valence electrons. The van der Waals surface area contributed by atoms with Gasteiger partial charge in [-0.05, 0) is 41.3 Å². The quantitative estimate of drug-likeness (QED) is 0.480. The molecule has 0 spiro atoms. The summed E-state index contributed by atoms with van der Waals surface area (Å²) in [5.41, 5.74) is 3.57. The third-order valence-corrected chi connectivity index (χ3v) is 2.19. The van der Waals surface area contributed by atoms with E-state index in [2.05, 4.69) is 24.9 Å². The number of benzene rings is 1. The van der Waals surface area contributed by atoms with E-state index in [-0.39, 0.29) is 5.78 Å². The molecule has 0 N–H and O–H groups in total. The van der Waals surface area contributed by atoms with Crippen molar-refractivity contribution in [3.8, 4) is 5.75 Å². The second-order valence-electron chi connectivity index (χ2n) is 3.34. The number of hydrogen-bond donors (Lipinski definition) is 1. The van der Waals surface area contributed by atoms with Crippen molar-refractivity contribution in [1.29, 1.82) is 0 Å². The Morgan fingerprint density at radius 1 is 1.33 bits per heavy atom. The van der Waals surface area contributed by atoms with Crippen LogP contribution in [0, 0.1) is 0 Å². The summed E-state index contributed by atoms with van der Waals surface area (Å²) in [5, 5.41) is 1.41. The van der Waals surface area contributed by atoms with Crippen LogP contribution in [0.2, 0.25) is 0 Å². The molecule has 0 bridgehead atoms. The van der Waals surface area contributed by atoms with Gasteiger partial charge in [-0.15, -0.1) is 5.73 Å². The molecular formula is C15H14O2S. The summed E-state index contributed by atoms with van der Waals surface area (Å²) in [6.45, 7) is 3.90. The van der Waals surface area contributed by atoms with Crippen LogP contribution in [0.4, 0.5) is 0 Å². The Morgan fingerprint density at radius 2 is 2.06 bits per heavy atom. The lowest BCUT2D eigenvalue weighted by molar-refractivity contribution is -0.110. The predicted octanol–water partition coefficient (Wildman–Crippen LogP) is 3.43. The summed E-state index contributed by atoms with van der Waals surface area (Å²) < 4.78 is 5.40. The van der Waals surface area contributed by atoms with Gasteiger partial charge in [0.1, 0.15) is 12.4 Å². The first kappa shape index (κ1) is 14.1. The van der Waals surface area contributed by atoms with Gasteiger partial charge in [0.25, 0.3) is 0 Å². The summed E-state index contributed by atoms with van der Waals surface area (Å²) in [5.74, 6) is 0.668. The molecule has 0 saturated carbocycles. The highest BCUT2D eigenvalue weighted by Crippen LogP contribution is 2.13. The summed E-state index contributed by atoms with van der Waals surface area (Å²) in [7, 11) is 0. The van der Waals surface area contributed by atoms with Gasteiger partial charge in [0.2, 0.25) is 0 Å². The van der Waals surface area contributed by atoms with Gasteiger partial charge < -0.3 is 4.74 Å². The number of ketones is 1. The molecule has 0 amide bonds. The second kappa shape index (κ2) is 8.18. The Hall–Kier alpha value is -1.96. The fourth-order valence-electron chi connectivity index (χ4n) is 1.18. The van der Waals surface area contributed by atoms with Gasteiger partial charge in [0.15, 0.2) is 5.78 Å². The number of allylic oxidation sites excluding steroid dienone is 2. The molecule has 0 aromatic heterocycles. The third-order valence-electron chi connectivity index (χ3n) is 2.04. The van der Waals surface area contributed by atoms with Crippen molar-refractivity contribution >= 4 is 24.5 Å². The minimum atomic E-state index is -0.0959. The van der Waals surface area contributed by atoms with E-state index < -0.39 is 0 Å². The molecule has 0 aliphatic heterocycles. The molecule has 0 atom stereocenters. The largest absolute Gasteiger partial charge is 0.489 e. The molecule has 0 aliphatic carbocycles. The van der Waals surface area contributed by atoms with Crippen molar-refractivity contribution in [3.05, 3.63) is 65.8 Å². The van der Waals surface area contributed by atoms with Crippen LogP contribution in [0.3, 0.4) is 0 Å². The van der Waals surface area contributed by atoms with Crippen LogP contribution >= 0.6 is 12.6 Å². The van der Waals surface area contributed by atoms with E-state index >= 15 is 0 Å². The van der Waals surface area contributed by atoms with Crippen molar-refractivity contribution < 1.29 is 9.53 Å². The van der Waals surface area contributed by atoms with Crippen LogP contribution in [0.15, 0.2) is 60.2 Å². The zero-order chi connectivity index (χ0) is 13.2. The van der Waals surface area contributed by atoms with E-state index in [0.29, 0.717) is 6.61 Å². The molecule has 0 aliphatic rings. The molecule has 3 heteroatoms. The summed E-state index contributed by atoms with van der Waals surface area (Å²) in [4.78, 5) is 11.2. The molecule has 1 aromatic rings. The maximum Gasteiger partial charge on any atom is 0.179 e. The van der Waals surface area contributed by atoms with Crippen LogP contribution in [0.25, 0.3) is 6.08 Å². The predicted molar refractivity (Wildman–Crippen MR) is 77.8 cm³/mol. The number of ether oxygens (including phenoxy) is 1. The minimum Gasteiger partial charge on any atom is -0.489 e. The van der Waals surface area contributed by atoms with Gasteiger partial charge in [-0.25, -0.2) is 0 Å². The molecule has 0 heterocycles. The van der Waals surface area contributed by atoms with Crippen LogP contribution < -0.4 is 4.74 Å². The molecule has 0 unspecified atom stereocenters. The highest BCUT2D eigenvalue weighted by molar-refractivity contribution is 7.83. The first-order valence-electron chi connectivity index (χ1n) is 5.36. The van der Waals surface area contributed by atoms with Gasteiger partial charge in [-0.3, -0.25) is 4.79 Å². The maximum absolute atomic E-state index is 11.2. The van der Waals surface area contributed by atoms with Crippen LogP contribution in [0.1, 0.15) is 5.56 Å². The number of carbonyl (C=O) groups is 1. The fraction of sp³-hybridized carbons (Fsp3) is 0.0667. The monoisotopic (exact) mass is 258 g/mol. The average molecular weight is 258 g/mol. The van der Waals surface area contributed by atoms with E-state index in [1.807, 2.05) is 24.3 Å². The van der Waals surface area contributed by atoms with Gasteiger partial charge in [0, 0.05) is 0 Å². The average Bonchev–Trinajstić information content (AvgIpc) is 2.38. The molecule has 18 heavy (non-hydrogen) atoms. The molecule has 2 nitrogen and oxygen atoms in total. The molecule has 0 fully saturated rings. The summed E-state index contributed by atoms with van der Waals surface area (Å²) >= 11 is 3.83. The smallest absolute Gasteiger partial charge is 0.179 e. The number of carbonyl (C=O) groups excluding carboxylic acids is 1. The first-order chi connectivity index (χ1) is 8.76.